The van der Waals surface area contributed by atoms with Crippen molar-refractivity contribution in [1.82, 2.24) is 20.0 Å². The Morgan fingerprint density at radius 1 is 1.12 bits per heavy atom. The van der Waals surface area contributed by atoms with Gasteiger partial charge in [-0.15, -0.1) is 16.9 Å². The van der Waals surface area contributed by atoms with Gasteiger partial charge in [-0.05, 0) is 42.2 Å². The number of hydrogen-bond acceptors (Lipinski definition) is 4. The van der Waals surface area contributed by atoms with Crippen LogP contribution in [-0.2, 0) is 6.18 Å². The Kier molecular flexibility index (Phi) is 4.57. The van der Waals surface area contributed by atoms with E-state index < -0.39 is 11.7 Å². The number of thioether (sulfide) groups is 1. The van der Waals surface area contributed by atoms with Gasteiger partial charge in [0.05, 0.1) is 17.4 Å². The molecule has 0 radical (unpaired) electrons. The number of benzene rings is 1. The van der Waals surface area contributed by atoms with Gasteiger partial charge in [0.15, 0.2) is 0 Å². The summed E-state index contributed by atoms with van der Waals surface area (Å²) in [5.74, 6) is 0.895. The Bertz CT molecular complexity index is 828. The van der Waals surface area contributed by atoms with Crippen LogP contribution >= 0.6 is 11.8 Å². The zero-order valence-electron chi connectivity index (χ0n) is 12.7. The molecule has 4 nitrogen and oxygen atoms in total. The number of halogens is 3. The van der Waals surface area contributed by atoms with Crippen LogP contribution in [0.2, 0.25) is 0 Å². The fraction of sp³-hybridized carbons (Fsp3) is 0.188. The summed E-state index contributed by atoms with van der Waals surface area (Å²) in [6.45, 7) is 2.04. The molecule has 0 bridgehead atoms. The Morgan fingerprint density at radius 2 is 1.88 bits per heavy atom. The highest BCUT2D eigenvalue weighted by Gasteiger charge is 2.30. The monoisotopic (exact) mass is 350 g/mol. The van der Waals surface area contributed by atoms with Crippen molar-refractivity contribution in [1.29, 1.82) is 0 Å². The lowest BCUT2D eigenvalue weighted by Gasteiger charge is -2.07. The van der Waals surface area contributed by atoms with E-state index in [1.54, 1.807) is 24.2 Å². The molecule has 0 saturated carbocycles. The molecule has 0 unspecified atom stereocenters. The van der Waals surface area contributed by atoms with Gasteiger partial charge in [-0.25, -0.2) is 4.68 Å². The van der Waals surface area contributed by atoms with Gasteiger partial charge in [0.25, 0.3) is 0 Å². The zero-order chi connectivity index (χ0) is 17.2. The van der Waals surface area contributed by atoms with E-state index in [1.165, 1.54) is 16.8 Å². The van der Waals surface area contributed by atoms with Gasteiger partial charge < -0.3 is 0 Å². The fourth-order valence-corrected chi connectivity index (χ4v) is 2.94. The van der Waals surface area contributed by atoms with Crippen LogP contribution in [0.25, 0.3) is 17.1 Å². The van der Waals surface area contributed by atoms with Gasteiger partial charge in [0.1, 0.15) is 11.4 Å². The van der Waals surface area contributed by atoms with Gasteiger partial charge in [-0.2, -0.15) is 13.2 Å². The molecule has 0 saturated heterocycles. The number of nitrogens with zero attached hydrogens (tertiary/aromatic N) is 4. The molecule has 0 fully saturated rings. The molecule has 0 aliphatic carbocycles. The van der Waals surface area contributed by atoms with Crippen LogP contribution in [0.5, 0.6) is 0 Å². The largest absolute Gasteiger partial charge is 0.416 e. The van der Waals surface area contributed by atoms with Crippen molar-refractivity contribution >= 4 is 11.8 Å². The molecule has 124 valence electrons. The quantitative estimate of drug-likeness (QED) is 0.652. The fourth-order valence-electron chi connectivity index (χ4n) is 2.16. The predicted molar refractivity (Wildman–Crippen MR) is 86.0 cm³/mol. The molecule has 2 heterocycles. The summed E-state index contributed by atoms with van der Waals surface area (Å²) in [4.78, 5) is 5.32. The van der Waals surface area contributed by atoms with Crippen LogP contribution in [0.3, 0.4) is 0 Å². The minimum absolute atomic E-state index is 0.502. The third-order valence-corrected chi connectivity index (χ3v) is 4.19. The van der Waals surface area contributed by atoms with Crippen molar-refractivity contribution in [2.75, 3.05) is 5.75 Å². The second-order valence-corrected chi connectivity index (χ2v) is 6.18. The SMILES string of the molecule is CCSc1cccnc1-c1cn(-c2ccc(C(F)(F)F)cc2)nn1. The molecule has 0 aliphatic heterocycles. The Labute approximate surface area is 140 Å². The highest BCUT2D eigenvalue weighted by molar-refractivity contribution is 7.99. The second kappa shape index (κ2) is 6.64. The maximum atomic E-state index is 12.6. The van der Waals surface area contributed by atoms with E-state index in [9.17, 15) is 13.2 Å². The molecule has 3 rings (SSSR count). The van der Waals surface area contributed by atoms with E-state index in [-0.39, 0.29) is 0 Å². The molecule has 0 aliphatic rings. The van der Waals surface area contributed by atoms with Crippen LogP contribution in [0.4, 0.5) is 13.2 Å². The normalized spacial score (nSPS) is 11.7. The van der Waals surface area contributed by atoms with Gasteiger partial charge >= 0.3 is 6.18 Å². The molecule has 0 atom stereocenters. The molecule has 8 heteroatoms. The summed E-state index contributed by atoms with van der Waals surface area (Å²) >= 11 is 1.64. The van der Waals surface area contributed by atoms with Crippen molar-refractivity contribution in [2.24, 2.45) is 0 Å². The van der Waals surface area contributed by atoms with E-state index in [1.807, 2.05) is 19.1 Å². The van der Waals surface area contributed by atoms with Crippen molar-refractivity contribution in [2.45, 2.75) is 18.0 Å². The van der Waals surface area contributed by atoms with E-state index in [0.717, 1.165) is 22.8 Å². The Morgan fingerprint density at radius 3 is 2.54 bits per heavy atom. The molecule has 24 heavy (non-hydrogen) atoms. The topological polar surface area (TPSA) is 43.6 Å². The van der Waals surface area contributed by atoms with E-state index in [4.69, 9.17) is 0 Å². The van der Waals surface area contributed by atoms with Crippen LogP contribution in [-0.4, -0.2) is 25.7 Å². The number of aromatic nitrogens is 4. The summed E-state index contributed by atoms with van der Waals surface area (Å²) in [5.41, 5.74) is 1.09. The molecule has 0 N–H and O–H groups in total. The maximum Gasteiger partial charge on any atom is 0.416 e. The number of pyridine rings is 1. The summed E-state index contributed by atoms with van der Waals surface area (Å²) < 4.78 is 39.3. The Hall–Kier alpha value is -2.35. The highest BCUT2D eigenvalue weighted by Crippen LogP contribution is 2.30. The van der Waals surface area contributed by atoms with Gasteiger partial charge in [0, 0.05) is 11.1 Å². The molecular weight excluding hydrogens is 337 g/mol. The number of rotatable bonds is 4. The predicted octanol–water partition coefficient (Wildman–Crippen LogP) is 4.46. The van der Waals surface area contributed by atoms with Gasteiger partial charge in [-0.3, -0.25) is 4.98 Å². The van der Waals surface area contributed by atoms with Gasteiger partial charge in [0.2, 0.25) is 0 Å². The standard InChI is InChI=1S/C16H13F3N4S/c1-2-24-14-4-3-9-20-15(14)13-10-23(22-21-13)12-7-5-11(6-8-12)16(17,18)19/h3-10H,2H2,1H3. The molecule has 0 spiro atoms. The second-order valence-electron chi connectivity index (χ2n) is 4.88. The van der Waals surface area contributed by atoms with E-state index >= 15 is 0 Å². The first-order valence-electron chi connectivity index (χ1n) is 7.17. The smallest absolute Gasteiger partial charge is 0.253 e. The minimum Gasteiger partial charge on any atom is -0.253 e. The van der Waals surface area contributed by atoms with Crippen LogP contribution in [0, 0.1) is 0 Å². The summed E-state index contributed by atoms with van der Waals surface area (Å²) in [6, 6.07) is 8.57. The third kappa shape index (κ3) is 3.43. The average molecular weight is 350 g/mol. The van der Waals surface area contributed by atoms with E-state index in [0.29, 0.717) is 17.1 Å². The molecule has 0 amide bonds. The van der Waals surface area contributed by atoms with Crippen molar-refractivity contribution < 1.29 is 13.2 Å². The van der Waals surface area contributed by atoms with E-state index in [2.05, 4.69) is 15.3 Å². The van der Waals surface area contributed by atoms with Crippen LogP contribution < -0.4 is 0 Å². The lowest BCUT2D eigenvalue weighted by Crippen LogP contribution is -2.05. The molecule has 3 aromatic rings. The number of alkyl halides is 3. The molecule has 2 aromatic heterocycles. The zero-order valence-corrected chi connectivity index (χ0v) is 13.5. The molecule has 1 aromatic carbocycles. The van der Waals surface area contributed by atoms with Gasteiger partial charge in [-0.1, -0.05) is 12.1 Å². The lowest BCUT2D eigenvalue weighted by atomic mass is 10.2. The minimum atomic E-state index is -4.35. The summed E-state index contributed by atoms with van der Waals surface area (Å²) in [6.07, 6.45) is -1.02. The third-order valence-electron chi connectivity index (χ3n) is 3.27. The summed E-state index contributed by atoms with van der Waals surface area (Å²) in [5, 5.41) is 8.08. The first-order chi connectivity index (χ1) is 11.5. The number of hydrogen-bond donors (Lipinski definition) is 0. The summed E-state index contributed by atoms with van der Waals surface area (Å²) in [7, 11) is 0. The maximum absolute atomic E-state index is 12.6. The molecular formula is C16H13F3N4S. The van der Waals surface area contributed by atoms with Crippen molar-refractivity contribution in [3.05, 3.63) is 54.4 Å². The first-order valence-corrected chi connectivity index (χ1v) is 8.16. The lowest BCUT2D eigenvalue weighted by molar-refractivity contribution is -0.137. The average Bonchev–Trinajstić information content (AvgIpc) is 3.05. The van der Waals surface area contributed by atoms with Crippen molar-refractivity contribution in [3.8, 4) is 17.1 Å². The van der Waals surface area contributed by atoms with Crippen LogP contribution in [0.15, 0.2) is 53.7 Å². The Balaban J connectivity index is 1.91. The van der Waals surface area contributed by atoms with Crippen LogP contribution in [0.1, 0.15) is 12.5 Å². The highest BCUT2D eigenvalue weighted by atomic mass is 32.2. The first kappa shape index (κ1) is 16.5. The van der Waals surface area contributed by atoms with Crippen molar-refractivity contribution in [3.63, 3.8) is 0 Å².